The molecule has 0 bridgehead atoms. The van der Waals surface area contributed by atoms with Gasteiger partial charge in [-0.1, -0.05) is 0 Å². The van der Waals surface area contributed by atoms with Gasteiger partial charge < -0.3 is 18.9 Å². The standard InChI is InChI=1S/C15H19BrO6/c1-4-20-14(17)7-10-6-13(22-9-16)12(19-3)8-11(10)15(18)21-5-2/h6,8H,4-5,7,9H2,1-3H3. The Morgan fingerprint density at radius 1 is 1.09 bits per heavy atom. The first-order valence-electron chi connectivity index (χ1n) is 6.79. The minimum absolute atomic E-state index is 0.0510. The maximum absolute atomic E-state index is 12.1. The summed E-state index contributed by atoms with van der Waals surface area (Å²) in [5.74, 6) is -0.143. The molecular weight excluding hydrogens is 356 g/mol. The Labute approximate surface area is 137 Å². The zero-order valence-corrected chi connectivity index (χ0v) is 14.4. The molecule has 0 amide bonds. The second-order valence-corrected chi connectivity index (χ2v) is 4.57. The van der Waals surface area contributed by atoms with Crippen LogP contribution >= 0.6 is 15.9 Å². The first-order valence-corrected chi connectivity index (χ1v) is 7.91. The van der Waals surface area contributed by atoms with E-state index in [4.69, 9.17) is 18.9 Å². The van der Waals surface area contributed by atoms with E-state index in [1.807, 2.05) is 0 Å². The van der Waals surface area contributed by atoms with Gasteiger partial charge in [-0.15, -0.1) is 0 Å². The number of carbonyl (C=O) groups is 2. The van der Waals surface area contributed by atoms with Crippen LogP contribution in [-0.4, -0.2) is 37.8 Å². The summed E-state index contributed by atoms with van der Waals surface area (Å²) in [7, 11) is 1.47. The molecular formula is C15H19BrO6. The molecule has 1 rings (SSSR count). The van der Waals surface area contributed by atoms with Gasteiger partial charge >= 0.3 is 11.9 Å². The zero-order valence-electron chi connectivity index (χ0n) is 12.8. The molecule has 6 nitrogen and oxygen atoms in total. The van der Waals surface area contributed by atoms with Crippen LogP contribution in [-0.2, 0) is 20.7 Å². The normalized spacial score (nSPS) is 10.0. The summed E-state index contributed by atoms with van der Waals surface area (Å²) >= 11 is 3.16. The second-order valence-electron chi connectivity index (χ2n) is 4.12. The summed E-state index contributed by atoms with van der Waals surface area (Å²) < 4.78 is 20.5. The SMILES string of the molecule is CCOC(=O)Cc1cc(OCBr)c(OC)cc1C(=O)OCC. The highest BCUT2D eigenvalue weighted by molar-refractivity contribution is 9.09. The fraction of sp³-hybridized carbons (Fsp3) is 0.467. The van der Waals surface area contributed by atoms with Crippen LogP contribution in [0.25, 0.3) is 0 Å². The van der Waals surface area contributed by atoms with Crippen molar-refractivity contribution in [2.24, 2.45) is 0 Å². The molecule has 0 saturated heterocycles. The van der Waals surface area contributed by atoms with Gasteiger partial charge in [-0.3, -0.25) is 4.79 Å². The number of rotatable bonds is 8. The maximum Gasteiger partial charge on any atom is 0.338 e. The van der Waals surface area contributed by atoms with Crippen molar-refractivity contribution >= 4 is 27.9 Å². The topological polar surface area (TPSA) is 71.1 Å². The molecule has 0 fully saturated rings. The fourth-order valence-electron chi connectivity index (χ4n) is 1.85. The molecule has 0 heterocycles. The van der Waals surface area contributed by atoms with Crippen molar-refractivity contribution in [2.75, 3.05) is 25.8 Å². The highest BCUT2D eigenvalue weighted by Crippen LogP contribution is 2.32. The van der Waals surface area contributed by atoms with E-state index in [0.717, 1.165) is 0 Å². The lowest BCUT2D eigenvalue weighted by Crippen LogP contribution is -2.14. The number of alkyl halides is 1. The number of hydrogen-bond acceptors (Lipinski definition) is 6. The van der Waals surface area contributed by atoms with Gasteiger partial charge in [0, 0.05) is 0 Å². The van der Waals surface area contributed by atoms with Crippen molar-refractivity contribution in [3.05, 3.63) is 23.3 Å². The van der Waals surface area contributed by atoms with Gasteiger partial charge in [-0.25, -0.2) is 4.79 Å². The molecule has 0 aromatic heterocycles. The van der Waals surface area contributed by atoms with Crippen molar-refractivity contribution in [3.8, 4) is 11.5 Å². The summed E-state index contributed by atoms with van der Waals surface area (Å²) in [6, 6.07) is 3.09. The van der Waals surface area contributed by atoms with E-state index in [-0.39, 0.29) is 30.7 Å². The zero-order chi connectivity index (χ0) is 16.5. The lowest BCUT2D eigenvalue weighted by molar-refractivity contribution is -0.142. The molecule has 0 N–H and O–H groups in total. The molecule has 0 atom stereocenters. The Kier molecular flexibility index (Phi) is 7.73. The summed E-state index contributed by atoms with van der Waals surface area (Å²) in [4.78, 5) is 23.8. The van der Waals surface area contributed by atoms with Crippen LogP contribution in [0.15, 0.2) is 12.1 Å². The number of ether oxygens (including phenoxy) is 4. The van der Waals surface area contributed by atoms with Gasteiger partial charge in [0.2, 0.25) is 0 Å². The van der Waals surface area contributed by atoms with Crippen molar-refractivity contribution in [1.29, 1.82) is 0 Å². The first kappa shape index (κ1) is 18.3. The minimum atomic E-state index is -0.523. The third-order valence-electron chi connectivity index (χ3n) is 2.73. The maximum atomic E-state index is 12.1. The Balaban J connectivity index is 3.24. The van der Waals surface area contributed by atoms with Gasteiger partial charge in [-0.05, 0) is 47.5 Å². The third-order valence-corrected chi connectivity index (χ3v) is 2.96. The van der Waals surface area contributed by atoms with E-state index in [1.54, 1.807) is 19.9 Å². The summed E-state index contributed by atoms with van der Waals surface area (Å²) in [6.07, 6.45) is -0.0510. The highest BCUT2D eigenvalue weighted by atomic mass is 79.9. The van der Waals surface area contributed by atoms with Crippen molar-refractivity contribution in [1.82, 2.24) is 0 Å². The highest BCUT2D eigenvalue weighted by Gasteiger charge is 2.20. The van der Waals surface area contributed by atoms with E-state index in [1.165, 1.54) is 13.2 Å². The van der Waals surface area contributed by atoms with E-state index >= 15 is 0 Å². The van der Waals surface area contributed by atoms with Crippen LogP contribution in [0.3, 0.4) is 0 Å². The smallest absolute Gasteiger partial charge is 0.338 e. The van der Waals surface area contributed by atoms with Crippen LogP contribution in [0.5, 0.6) is 11.5 Å². The second kappa shape index (κ2) is 9.30. The van der Waals surface area contributed by atoms with E-state index < -0.39 is 11.9 Å². The predicted octanol–water partition coefficient (Wildman–Crippen LogP) is 2.71. The largest absolute Gasteiger partial charge is 0.493 e. The minimum Gasteiger partial charge on any atom is -0.493 e. The number of methoxy groups -OCH3 is 1. The Hall–Kier alpha value is -1.76. The van der Waals surface area contributed by atoms with Gasteiger partial charge in [0.1, 0.15) is 5.52 Å². The van der Waals surface area contributed by atoms with Crippen LogP contribution in [0, 0.1) is 0 Å². The Morgan fingerprint density at radius 2 is 1.77 bits per heavy atom. The number of halogens is 1. The molecule has 0 aliphatic rings. The Morgan fingerprint density at radius 3 is 2.32 bits per heavy atom. The molecule has 122 valence electrons. The van der Waals surface area contributed by atoms with E-state index in [0.29, 0.717) is 17.1 Å². The van der Waals surface area contributed by atoms with Crippen LogP contribution in [0.2, 0.25) is 0 Å². The molecule has 0 unspecified atom stereocenters. The molecule has 0 aliphatic heterocycles. The molecule has 0 saturated carbocycles. The van der Waals surface area contributed by atoms with E-state index in [9.17, 15) is 9.59 Å². The quantitative estimate of drug-likeness (QED) is 0.514. The molecule has 0 radical (unpaired) electrons. The average molecular weight is 375 g/mol. The van der Waals surface area contributed by atoms with E-state index in [2.05, 4.69) is 15.9 Å². The first-order chi connectivity index (χ1) is 10.6. The molecule has 0 aliphatic carbocycles. The lowest BCUT2D eigenvalue weighted by atomic mass is 10.0. The predicted molar refractivity (Wildman–Crippen MR) is 83.7 cm³/mol. The summed E-state index contributed by atoms with van der Waals surface area (Å²) in [5.41, 5.74) is 0.975. The number of esters is 2. The van der Waals surface area contributed by atoms with Crippen LogP contribution in [0.1, 0.15) is 29.8 Å². The molecule has 7 heteroatoms. The fourth-order valence-corrected chi connectivity index (χ4v) is 2.09. The summed E-state index contributed by atoms with van der Waals surface area (Å²) in [5, 5.41) is 0. The monoisotopic (exact) mass is 374 g/mol. The number of carbonyl (C=O) groups excluding carboxylic acids is 2. The van der Waals surface area contributed by atoms with Crippen molar-refractivity contribution in [3.63, 3.8) is 0 Å². The van der Waals surface area contributed by atoms with Gasteiger partial charge in [-0.2, -0.15) is 0 Å². The molecule has 22 heavy (non-hydrogen) atoms. The molecule has 0 spiro atoms. The van der Waals surface area contributed by atoms with Crippen LogP contribution < -0.4 is 9.47 Å². The summed E-state index contributed by atoms with van der Waals surface area (Å²) in [6.45, 7) is 3.94. The molecule has 1 aromatic carbocycles. The third kappa shape index (κ3) is 4.91. The van der Waals surface area contributed by atoms with Crippen LogP contribution in [0.4, 0.5) is 0 Å². The Bertz CT molecular complexity index is 529. The number of benzene rings is 1. The lowest BCUT2D eigenvalue weighted by Gasteiger charge is -2.14. The van der Waals surface area contributed by atoms with Gasteiger partial charge in [0.25, 0.3) is 0 Å². The van der Waals surface area contributed by atoms with Gasteiger partial charge in [0.15, 0.2) is 11.5 Å². The van der Waals surface area contributed by atoms with Crippen molar-refractivity contribution < 1.29 is 28.5 Å². The average Bonchev–Trinajstić information content (AvgIpc) is 2.48. The molecule has 1 aromatic rings. The number of hydrogen-bond donors (Lipinski definition) is 0. The van der Waals surface area contributed by atoms with Crippen molar-refractivity contribution in [2.45, 2.75) is 20.3 Å². The van der Waals surface area contributed by atoms with Gasteiger partial charge in [0.05, 0.1) is 32.3 Å².